The molecule has 16 heavy (non-hydrogen) atoms. The van der Waals surface area contributed by atoms with Gasteiger partial charge >= 0.3 is 0 Å². The number of hydrogen-bond acceptors (Lipinski definition) is 1. The van der Waals surface area contributed by atoms with Crippen molar-refractivity contribution in [3.05, 3.63) is 34.4 Å². The molecule has 0 spiro atoms. The van der Waals surface area contributed by atoms with E-state index in [1.54, 1.807) is 0 Å². The van der Waals surface area contributed by atoms with Crippen LogP contribution in [0, 0.1) is 32.6 Å². The highest BCUT2D eigenvalue weighted by Crippen LogP contribution is 2.16. The van der Waals surface area contributed by atoms with Crippen LogP contribution in [0.5, 0.6) is 0 Å². The maximum atomic E-state index is 11.8. The van der Waals surface area contributed by atoms with Crippen molar-refractivity contribution < 1.29 is 4.79 Å². The van der Waals surface area contributed by atoms with Crippen molar-refractivity contribution in [3.8, 4) is 11.8 Å². The Morgan fingerprint density at radius 3 is 2.12 bits per heavy atom. The average molecular weight is 234 g/mol. The smallest absolute Gasteiger partial charge is 0.236 e. The lowest BCUT2D eigenvalue weighted by Crippen LogP contribution is -2.02. The Morgan fingerprint density at radius 2 is 1.69 bits per heavy atom. The van der Waals surface area contributed by atoms with Gasteiger partial charge in [-0.25, -0.2) is 0 Å². The molecule has 0 heterocycles. The van der Waals surface area contributed by atoms with Crippen molar-refractivity contribution in [3.63, 3.8) is 0 Å². The standard InChI is InChI=1S/C14H16O.H3P/c1-5-6-7-13(15)14-11(3)8-10(2)9-12(14)4;/h8-9H,5H2,1-4H3;1H3. The summed E-state index contributed by atoms with van der Waals surface area (Å²) in [4.78, 5) is 11.8. The van der Waals surface area contributed by atoms with Crippen LogP contribution in [0.3, 0.4) is 0 Å². The summed E-state index contributed by atoms with van der Waals surface area (Å²) >= 11 is 0. The normalized spacial score (nSPS) is 8.75. The van der Waals surface area contributed by atoms with E-state index < -0.39 is 0 Å². The van der Waals surface area contributed by atoms with E-state index in [-0.39, 0.29) is 15.7 Å². The fraction of sp³-hybridized carbons (Fsp3) is 0.357. The molecule has 0 aliphatic carbocycles. The maximum absolute atomic E-state index is 11.8. The van der Waals surface area contributed by atoms with Crippen LogP contribution in [0.1, 0.15) is 40.4 Å². The van der Waals surface area contributed by atoms with Gasteiger partial charge in [0, 0.05) is 12.0 Å². The maximum Gasteiger partial charge on any atom is 0.236 e. The third kappa shape index (κ3) is 3.47. The Morgan fingerprint density at radius 1 is 1.19 bits per heavy atom. The Balaban J connectivity index is 0.00000225. The molecule has 0 aliphatic rings. The van der Waals surface area contributed by atoms with Gasteiger partial charge in [0.15, 0.2) is 0 Å². The first-order chi connectivity index (χ1) is 7.06. The highest BCUT2D eigenvalue weighted by Gasteiger charge is 2.09. The molecule has 86 valence electrons. The van der Waals surface area contributed by atoms with E-state index in [0.29, 0.717) is 0 Å². The Labute approximate surface area is 101 Å². The molecule has 0 radical (unpaired) electrons. The van der Waals surface area contributed by atoms with Crippen LogP contribution < -0.4 is 0 Å². The molecular weight excluding hydrogens is 215 g/mol. The number of ketones is 1. The van der Waals surface area contributed by atoms with Gasteiger partial charge in [-0.1, -0.05) is 30.5 Å². The van der Waals surface area contributed by atoms with Crippen LogP contribution in [0.4, 0.5) is 0 Å². The van der Waals surface area contributed by atoms with Gasteiger partial charge < -0.3 is 0 Å². The minimum Gasteiger partial charge on any atom is -0.279 e. The van der Waals surface area contributed by atoms with Crippen molar-refractivity contribution in [2.45, 2.75) is 34.1 Å². The summed E-state index contributed by atoms with van der Waals surface area (Å²) < 4.78 is 0. The fourth-order valence-corrected chi connectivity index (χ4v) is 1.77. The molecule has 0 bridgehead atoms. The van der Waals surface area contributed by atoms with Crippen molar-refractivity contribution >= 4 is 15.7 Å². The number of carbonyl (C=O) groups is 1. The number of carbonyl (C=O) groups excluding carboxylic acids is 1. The lowest BCUT2D eigenvalue weighted by molar-refractivity contribution is 0.105. The van der Waals surface area contributed by atoms with E-state index in [9.17, 15) is 4.79 Å². The van der Waals surface area contributed by atoms with Crippen molar-refractivity contribution in [2.75, 3.05) is 0 Å². The molecule has 1 rings (SSSR count). The van der Waals surface area contributed by atoms with Crippen molar-refractivity contribution in [1.82, 2.24) is 0 Å². The molecule has 0 fully saturated rings. The third-order valence-electron chi connectivity index (χ3n) is 2.28. The molecule has 0 N–H and O–H groups in total. The minimum absolute atomic E-state index is 0. The van der Waals surface area contributed by atoms with Gasteiger partial charge in [-0.3, -0.25) is 4.79 Å². The molecule has 0 saturated heterocycles. The second-order valence-electron chi connectivity index (χ2n) is 3.76. The van der Waals surface area contributed by atoms with Gasteiger partial charge in [-0.15, -0.1) is 0 Å². The molecule has 1 aromatic carbocycles. The molecule has 0 amide bonds. The topological polar surface area (TPSA) is 17.1 Å². The van der Waals surface area contributed by atoms with Gasteiger partial charge in [-0.05, 0) is 37.8 Å². The predicted molar refractivity (Wildman–Crippen MR) is 74.2 cm³/mol. The number of benzene rings is 1. The van der Waals surface area contributed by atoms with E-state index in [1.165, 1.54) is 5.56 Å². The third-order valence-corrected chi connectivity index (χ3v) is 2.28. The molecule has 0 saturated carbocycles. The van der Waals surface area contributed by atoms with Gasteiger partial charge in [0.2, 0.25) is 5.78 Å². The molecule has 0 aromatic heterocycles. The predicted octanol–water partition coefficient (Wildman–Crippen LogP) is 3.27. The van der Waals surface area contributed by atoms with Gasteiger partial charge in [0.1, 0.15) is 0 Å². The van der Waals surface area contributed by atoms with Crippen LogP contribution in [-0.2, 0) is 0 Å². The fourth-order valence-electron chi connectivity index (χ4n) is 1.77. The zero-order chi connectivity index (χ0) is 11.4. The van der Waals surface area contributed by atoms with Crippen molar-refractivity contribution in [1.29, 1.82) is 0 Å². The van der Waals surface area contributed by atoms with E-state index >= 15 is 0 Å². The van der Waals surface area contributed by atoms with E-state index in [2.05, 4.69) is 11.8 Å². The average Bonchev–Trinajstić information content (AvgIpc) is 2.12. The van der Waals surface area contributed by atoms with Crippen LogP contribution in [-0.4, -0.2) is 5.78 Å². The molecule has 2 heteroatoms. The zero-order valence-corrected chi connectivity index (χ0v) is 11.9. The first-order valence-corrected chi connectivity index (χ1v) is 5.17. The summed E-state index contributed by atoms with van der Waals surface area (Å²) in [5.41, 5.74) is 3.98. The first-order valence-electron chi connectivity index (χ1n) is 5.17. The molecule has 0 aliphatic heterocycles. The summed E-state index contributed by atoms with van der Waals surface area (Å²) in [6.45, 7) is 7.89. The highest BCUT2D eigenvalue weighted by atomic mass is 31.0. The quantitative estimate of drug-likeness (QED) is 0.315. The zero-order valence-electron chi connectivity index (χ0n) is 10.5. The van der Waals surface area contributed by atoms with Gasteiger partial charge in [0.05, 0.1) is 0 Å². The Kier molecular flexibility index (Phi) is 6.01. The molecular formula is C14H19OP. The molecule has 1 aromatic rings. The lowest BCUT2D eigenvalue weighted by atomic mass is 9.97. The van der Waals surface area contributed by atoms with Crippen LogP contribution in [0.15, 0.2) is 12.1 Å². The second kappa shape index (κ2) is 6.46. The number of hydrogen-bond donors (Lipinski definition) is 0. The van der Waals surface area contributed by atoms with Crippen molar-refractivity contribution in [2.24, 2.45) is 0 Å². The molecule has 1 unspecified atom stereocenters. The SMILES string of the molecule is CCC#CC(=O)c1c(C)cc(C)cc1C.P. The van der Waals surface area contributed by atoms with Gasteiger partial charge in [0.25, 0.3) is 0 Å². The summed E-state index contributed by atoms with van der Waals surface area (Å²) in [5, 5.41) is 0. The monoisotopic (exact) mass is 234 g/mol. The second-order valence-corrected chi connectivity index (χ2v) is 3.76. The largest absolute Gasteiger partial charge is 0.279 e. The van der Waals surface area contributed by atoms with Crippen LogP contribution >= 0.6 is 9.90 Å². The summed E-state index contributed by atoms with van der Waals surface area (Å²) in [6.07, 6.45) is 0.718. The van der Waals surface area contributed by atoms with Crippen LogP contribution in [0.25, 0.3) is 0 Å². The van der Waals surface area contributed by atoms with E-state index in [4.69, 9.17) is 0 Å². The highest BCUT2D eigenvalue weighted by molar-refractivity contribution is 6.92. The minimum atomic E-state index is -0.0631. The molecule has 1 nitrogen and oxygen atoms in total. The number of aryl methyl sites for hydroxylation is 3. The lowest BCUT2D eigenvalue weighted by Gasteiger charge is -2.06. The van der Waals surface area contributed by atoms with E-state index in [0.717, 1.165) is 23.1 Å². The summed E-state index contributed by atoms with van der Waals surface area (Å²) in [6, 6.07) is 4.04. The van der Waals surface area contributed by atoms with Crippen LogP contribution in [0.2, 0.25) is 0 Å². The van der Waals surface area contributed by atoms with E-state index in [1.807, 2.05) is 39.8 Å². The Bertz CT molecular complexity index is 427. The van der Waals surface area contributed by atoms with Gasteiger partial charge in [-0.2, -0.15) is 9.90 Å². The number of rotatable bonds is 1. The number of Topliss-reactive ketones (excluding diaryl/α,β-unsaturated/α-hetero) is 1. The summed E-state index contributed by atoms with van der Waals surface area (Å²) in [5.74, 6) is 5.41. The Hall–Kier alpha value is -1.12. The molecule has 1 atom stereocenters. The first kappa shape index (κ1) is 14.9. The summed E-state index contributed by atoms with van der Waals surface area (Å²) in [7, 11) is 0.